The number of benzene rings is 2. The van der Waals surface area contributed by atoms with Crippen LogP contribution in [0.1, 0.15) is 48.8 Å². The predicted octanol–water partition coefficient (Wildman–Crippen LogP) is 4.04. The fraction of sp³-hybridized carbons (Fsp3) is 0.400. The first-order valence-electron chi connectivity index (χ1n) is 8.34. The third kappa shape index (κ3) is 3.96. The second-order valence-electron chi connectivity index (χ2n) is 6.31. The smallest absolute Gasteiger partial charge is 0.0914 e. The zero-order valence-corrected chi connectivity index (χ0v) is 13.0. The summed E-state index contributed by atoms with van der Waals surface area (Å²) < 4.78 is 0. The Morgan fingerprint density at radius 3 is 2.36 bits per heavy atom. The van der Waals surface area contributed by atoms with Gasteiger partial charge in [0.1, 0.15) is 0 Å². The molecule has 1 fully saturated rings. The molecule has 0 heterocycles. The van der Waals surface area contributed by atoms with Crippen molar-refractivity contribution >= 4 is 0 Å². The molecular formula is C20H25NO. The average molecular weight is 295 g/mol. The Balaban J connectivity index is 1.53. The minimum absolute atomic E-state index is 0.418. The first kappa shape index (κ1) is 15.3. The molecule has 0 bridgehead atoms. The molecule has 3 unspecified atom stereocenters. The summed E-state index contributed by atoms with van der Waals surface area (Å²) in [6, 6.07) is 21.2. The van der Waals surface area contributed by atoms with E-state index in [0.29, 0.717) is 18.5 Å². The monoisotopic (exact) mass is 295 g/mol. The highest BCUT2D eigenvalue weighted by atomic mass is 16.3. The van der Waals surface area contributed by atoms with Gasteiger partial charge in [0.15, 0.2) is 0 Å². The Morgan fingerprint density at radius 2 is 1.64 bits per heavy atom. The van der Waals surface area contributed by atoms with E-state index >= 15 is 0 Å². The highest BCUT2D eigenvalue weighted by Gasteiger charge is 2.23. The maximum absolute atomic E-state index is 10.3. The molecule has 2 N–H and O–H groups in total. The van der Waals surface area contributed by atoms with Gasteiger partial charge in [-0.15, -0.1) is 0 Å². The molecular weight excluding hydrogens is 270 g/mol. The highest BCUT2D eigenvalue weighted by Crippen LogP contribution is 2.32. The van der Waals surface area contributed by atoms with Crippen molar-refractivity contribution in [2.45, 2.75) is 43.7 Å². The molecule has 116 valence electrons. The van der Waals surface area contributed by atoms with Gasteiger partial charge in [-0.1, -0.05) is 67.1 Å². The zero-order valence-electron chi connectivity index (χ0n) is 13.0. The summed E-state index contributed by atoms with van der Waals surface area (Å²) in [5.74, 6) is 0.654. The topological polar surface area (TPSA) is 32.3 Å². The van der Waals surface area contributed by atoms with Crippen molar-refractivity contribution < 1.29 is 5.11 Å². The van der Waals surface area contributed by atoms with Gasteiger partial charge in [0.05, 0.1) is 6.10 Å². The van der Waals surface area contributed by atoms with Crippen LogP contribution in [0.5, 0.6) is 0 Å². The number of aliphatic hydroxyl groups is 1. The molecule has 2 heteroatoms. The molecule has 0 aliphatic heterocycles. The van der Waals surface area contributed by atoms with Gasteiger partial charge >= 0.3 is 0 Å². The lowest BCUT2D eigenvalue weighted by molar-refractivity contribution is 0.164. The summed E-state index contributed by atoms with van der Waals surface area (Å²) in [7, 11) is 0. The highest BCUT2D eigenvalue weighted by molar-refractivity contribution is 5.20. The first-order valence-corrected chi connectivity index (χ1v) is 8.34. The number of rotatable bonds is 5. The molecule has 3 atom stereocenters. The van der Waals surface area contributed by atoms with Gasteiger partial charge in [0, 0.05) is 12.6 Å². The third-order valence-electron chi connectivity index (χ3n) is 4.73. The number of hydrogen-bond donors (Lipinski definition) is 2. The third-order valence-corrected chi connectivity index (χ3v) is 4.73. The van der Waals surface area contributed by atoms with Crippen molar-refractivity contribution in [1.29, 1.82) is 0 Å². The Labute approximate surface area is 133 Å². The van der Waals surface area contributed by atoms with E-state index in [1.54, 1.807) is 0 Å². The van der Waals surface area contributed by atoms with E-state index in [-0.39, 0.29) is 0 Å². The van der Waals surface area contributed by atoms with Crippen LogP contribution in [0.3, 0.4) is 0 Å². The van der Waals surface area contributed by atoms with Crippen molar-refractivity contribution in [3.63, 3.8) is 0 Å². The van der Waals surface area contributed by atoms with Crippen molar-refractivity contribution in [2.24, 2.45) is 0 Å². The molecule has 1 aliphatic carbocycles. The van der Waals surface area contributed by atoms with E-state index in [1.165, 1.54) is 31.2 Å². The Kier molecular flexibility index (Phi) is 5.25. The molecule has 0 radical (unpaired) electrons. The van der Waals surface area contributed by atoms with Gasteiger partial charge in [0.25, 0.3) is 0 Å². The fourth-order valence-electron chi connectivity index (χ4n) is 3.47. The average Bonchev–Trinajstić information content (AvgIpc) is 2.61. The summed E-state index contributed by atoms with van der Waals surface area (Å²) in [6.45, 7) is 0.635. The summed E-state index contributed by atoms with van der Waals surface area (Å²) in [5.41, 5.74) is 2.45. The largest absolute Gasteiger partial charge is 0.387 e. The molecule has 1 saturated carbocycles. The number of aliphatic hydroxyl groups excluding tert-OH is 1. The van der Waals surface area contributed by atoms with Crippen LogP contribution in [-0.2, 0) is 0 Å². The first-order chi connectivity index (χ1) is 10.8. The van der Waals surface area contributed by atoms with Crippen LogP contribution in [0, 0.1) is 0 Å². The Morgan fingerprint density at radius 1 is 0.955 bits per heavy atom. The van der Waals surface area contributed by atoms with E-state index in [4.69, 9.17) is 0 Å². The molecule has 0 saturated heterocycles. The van der Waals surface area contributed by atoms with Crippen LogP contribution in [0.25, 0.3) is 0 Å². The minimum Gasteiger partial charge on any atom is -0.387 e. The van der Waals surface area contributed by atoms with Gasteiger partial charge in [0.2, 0.25) is 0 Å². The van der Waals surface area contributed by atoms with Gasteiger partial charge in [-0.2, -0.15) is 0 Å². The summed E-state index contributed by atoms with van der Waals surface area (Å²) in [4.78, 5) is 0. The van der Waals surface area contributed by atoms with Gasteiger partial charge in [-0.3, -0.25) is 0 Å². The van der Waals surface area contributed by atoms with E-state index in [9.17, 15) is 5.11 Å². The number of nitrogens with one attached hydrogen (secondary N) is 1. The van der Waals surface area contributed by atoms with Crippen LogP contribution in [0.15, 0.2) is 60.7 Å². The van der Waals surface area contributed by atoms with Gasteiger partial charge < -0.3 is 10.4 Å². The Hall–Kier alpha value is -1.64. The van der Waals surface area contributed by atoms with Crippen molar-refractivity contribution in [1.82, 2.24) is 5.32 Å². The van der Waals surface area contributed by atoms with E-state index in [0.717, 1.165) is 5.56 Å². The maximum atomic E-state index is 10.3. The normalized spacial score (nSPS) is 23.1. The van der Waals surface area contributed by atoms with Crippen LogP contribution >= 0.6 is 0 Å². The quantitative estimate of drug-likeness (QED) is 0.872. The molecule has 0 spiro atoms. The van der Waals surface area contributed by atoms with E-state index in [2.05, 4.69) is 35.6 Å². The van der Waals surface area contributed by atoms with E-state index in [1.807, 2.05) is 30.3 Å². The van der Waals surface area contributed by atoms with Crippen LogP contribution in [0.2, 0.25) is 0 Å². The molecule has 0 amide bonds. The predicted molar refractivity (Wildman–Crippen MR) is 90.8 cm³/mol. The molecule has 3 rings (SSSR count). The standard InChI is InChI=1S/C20H25NO/c22-20(17-10-5-2-6-11-17)15-21-19-13-7-12-18(14-19)16-8-3-1-4-9-16/h1-6,8-11,18-22H,7,12-15H2. The molecule has 2 aromatic carbocycles. The zero-order chi connectivity index (χ0) is 15.2. The maximum Gasteiger partial charge on any atom is 0.0914 e. The van der Waals surface area contributed by atoms with Crippen molar-refractivity contribution in [3.8, 4) is 0 Å². The minimum atomic E-state index is -0.418. The summed E-state index contributed by atoms with van der Waals surface area (Å²) in [6.07, 6.45) is 4.51. The lowest BCUT2D eigenvalue weighted by Gasteiger charge is -2.31. The van der Waals surface area contributed by atoms with Crippen LogP contribution in [0.4, 0.5) is 0 Å². The van der Waals surface area contributed by atoms with E-state index < -0.39 is 6.10 Å². The summed E-state index contributed by atoms with van der Waals surface area (Å²) >= 11 is 0. The molecule has 0 aromatic heterocycles. The second-order valence-corrected chi connectivity index (χ2v) is 6.31. The van der Waals surface area contributed by atoms with Crippen LogP contribution < -0.4 is 5.32 Å². The lowest BCUT2D eigenvalue weighted by Crippen LogP contribution is -2.36. The lowest BCUT2D eigenvalue weighted by atomic mass is 9.81. The number of hydrogen-bond acceptors (Lipinski definition) is 2. The second kappa shape index (κ2) is 7.57. The molecule has 2 aromatic rings. The van der Waals surface area contributed by atoms with Crippen molar-refractivity contribution in [3.05, 3.63) is 71.8 Å². The SMILES string of the molecule is OC(CNC1CCCC(c2ccccc2)C1)c1ccccc1. The molecule has 1 aliphatic rings. The fourth-order valence-corrected chi connectivity index (χ4v) is 3.47. The van der Waals surface area contributed by atoms with Crippen LogP contribution in [-0.4, -0.2) is 17.7 Å². The van der Waals surface area contributed by atoms with Gasteiger partial charge in [-0.25, -0.2) is 0 Å². The molecule has 2 nitrogen and oxygen atoms in total. The van der Waals surface area contributed by atoms with Gasteiger partial charge in [-0.05, 0) is 36.3 Å². The Bertz CT molecular complexity index is 554. The van der Waals surface area contributed by atoms with Crippen molar-refractivity contribution in [2.75, 3.05) is 6.54 Å². The molecule has 22 heavy (non-hydrogen) atoms. The summed E-state index contributed by atoms with van der Waals surface area (Å²) in [5, 5.41) is 13.8.